The summed E-state index contributed by atoms with van der Waals surface area (Å²) >= 11 is 3.99. The Balaban J connectivity index is 2.20. The van der Waals surface area contributed by atoms with Crippen LogP contribution >= 0.6 is 23.5 Å². The van der Waals surface area contributed by atoms with Crippen molar-refractivity contribution < 1.29 is 0 Å². The minimum Gasteiger partial charge on any atom is -0.312 e. The molecule has 0 aromatic carbocycles. The summed E-state index contributed by atoms with van der Waals surface area (Å²) in [4.78, 5) is 0. The Morgan fingerprint density at radius 3 is 2.00 bits per heavy atom. The van der Waals surface area contributed by atoms with Gasteiger partial charge in [-0.2, -0.15) is 0 Å². The molecule has 0 radical (unpaired) electrons. The maximum Gasteiger partial charge on any atom is 0.0667 e. The highest BCUT2D eigenvalue weighted by atomic mass is 32.2. The maximum atomic E-state index is 3.62. The van der Waals surface area contributed by atoms with Gasteiger partial charge in [-0.05, 0) is 11.5 Å². The molecular weight excluding hydrogens is 188 g/mol. The SMILES string of the molecule is CCSC1CNCC(SCC)N1. The summed E-state index contributed by atoms with van der Waals surface area (Å²) in [5, 5.41) is 8.31. The summed E-state index contributed by atoms with van der Waals surface area (Å²) in [6, 6.07) is 0. The van der Waals surface area contributed by atoms with Crippen LogP contribution in [0.4, 0.5) is 0 Å². The summed E-state index contributed by atoms with van der Waals surface area (Å²) in [7, 11) is 0. The number of nitrogens with one attached hydrogen (secondary N) is 2. The summed E-state index contributed by atoms with van der Waals surface area (Å²) < 4.78 is 0. The average Bonchev–Trinajstić information content (AvgIpc) is 2.06. The fraction of sp³-hybridized carbons (Fsp3) is 1.00. The van der Waals surface area contributed by atoms with Gasteiger partial charge in [-0.25, -0.2) is 0 Å². The van der Waals surface area contributed by atoms with Crippen LogP contribution in [0.1, 0.15) is 13.8 Å². The Hall–Kier alpha value is 0.620. The molecule has 0 aromatic rings. The van der Waals surface area contributed by atoms with Crippen LogP contribution in [-0.2, 0) is 0 Å². The predicted octanol–water partition coefficient (Wildman–Crippen LogP) is 1.34. The third-order valence-electron chi connectivity index (χ3n) is 1.77. The van der Waals surface area contributed by atoms with Crippen molar-refractivity contribution in [1.29, 1.82) is 0 Å². The van der Waals surface area contributed by atoms with Crippen LogP contribution in [0.15, 0.2) is 0 Å². The average molecular weight is 206 g/mol. The zero-order chi connectivity index (χ0) is 8.81. The van der Waals surface area contributed by atoms with E-state index in [0.717, 1.165) is 13.1 Å². The van der Waals surface area contributed by atoms with Gasteiger partial charge in [0.2, 0.25) is 0 Å². The molecule has 0 spiro atoms. The van der Waals surface area contributed by atoms with Gasteiger partial charge < -0.3 is 5.32 Å². The molecule has 0 aliphatic carbocycles. The van der Waals surface area contributed by atoms with Crippen molar-refractivity contribution in [3.63, 3.8) is 0 Å². The topological polar surface area (TPSA) is 24.1 Å². The molecule has 0 amide bonds. The summed E-state index contributed by atoms with van der Waals surface area (Å²) in [5.74, 6) is 2.39. The van der Waals surface area contributed by atoms with E-state index in [9.17, 15) is 0 Å². The van der Waals surface area contributed by atoms with Crippen LogP contribution in [0.5, 0.6) is 0 Å². The second-order valence-electron chi connectivity index (χ2n) is 2.71. The molecule has 72 valence electrons. The molecule has 1 heterocycles. The molecule has 0 aromatic heterocycles. The Morgan fingerprint density at radius 1 is 1.08 bits per heavy atom. The molecule has 2 nitrogen and oxygen atoms in total. The van der Waals surface area contributed by atoms with E-state index in [-0.39, 0.29) is 0 Å². The quantitative estimate of drug-likeness (QED) is 0.725. The fourth-order valence-corrected chi connectivity index (χ4v) is 3.17. The maximum absolute atomic E-state index is 3.62. The third-order valence-corrected chi connectivity index (χ3v) is 3.84. The van der Waals surface area contributed by atoms with Gasteiger partial charge in [-0.1, -0.05) is 13.8 Å². The first-order valence-electron chi connectivity index (χ1n) is 4.56. The Kier molecular flexibility index (Phi) is 5.47. The molecule has 12 heavy (non-hydrogen) atoms. The smallest absolute Gasteiger partial charge is 0.0667 e. The van der Waals surface area contributed by atoms with Gasteiger partial charge in [0.15, 0.2) is 0 Å². The molecule has 2 N–H and O–H groups in total. The first-order chi connectivity index (χ1) is 5.86. The number of piperazine rings is 1. The minimum absolute atomic E-state index is 0.618. The van der Waals surface area contributed by atoms with Crippen molar-refractivity contribution in [3.8, 4) is 0 Å². The molecule has 1 saturated heterocycles. The van der Waals surface area contributed by atoms with Crippen molar-refractivity contribution >= 4 is 23.5 Å². The molecular formula is C8H18N2S2. The van der Waals surface area contributed by atoms with Crippen molar-refractivity contribution in [3.05, 3.63) is 0 Å². The fourth-order valence-electron chi connectivity index (χ4n) is 1.29. The van der Waals surface area contributed by atoms with E-state index in [0.29, 0.717) is 10.7 Å². The predicted molar refractivity (Wildman–Crippen MR) is 59.8 cm³/mol. The van der Waals surface area contributed by atoms with E-state index in [1.165, 1.54) is 11.5 Å². The lowest BCUT2D eigenvalue weighted by molar-refractivity contribution is 0.481. The summed E-state index contributed by atoms with van der Waals surface area (Å²) in [6.45, 7) is 6.64. The van der Waals surface area contributed by atoms with Crippen molar-refractivity contribution in [1.82, 2.24) is 10.6 Å². The molecule has 2 unspecified atom stereocenters. The number of hydrogen-bond donors (Lipinski definition) is 2. The van der Waals surface area contributed by atoms with Gasteiger partial charge in [-0.15, -0.1) is 23.5 Å². The highest BCUT2D eigenvalue weighted by Crippen LogP contribution is 2.15. The lowest BCUT2D eigenvalue weighted by atomic mass is 10.4. The second kappa shape index (κ2) is 6.13. The second-order valence-corrected chi connectivity index (χ2v) is 5.67. The molecule has 1 aliphatic heterocycles. The zero-order valence-corrected chi connectivity index (χ0v) is 9.43. The lowest BCUT2D eigenvalue weighted by Gasteiger charge is -2.30. The van der Waals surface area contributed by atoms with E-state index >= 15 is 0 Å². The van der Waals surface area contributed by atoms with Gasteiger partial charge in [-0.3, -0.25) is 5.32 Å². The van der Waals surface area contributed by atoms with Gasteiger partial charge in [0.05, 0.1) is 10.7 Å². The Labute approximate surface area is 83.6 Å². The van der Waals surface area contributed by atoms with Gasteiger partial charge >= 0.3 is 0 Å². The van der Waals surface area contributed by atoms with Crippen LogP contribution in [0.25, 0.3) is 0 Å². The molecule has 1 fully saturated rings. The van der Waals surface area contributed by atoms with E-state index in [1.54, 1.807) is 0 Å². The van der Waals surface area contributed by atoms with Gasteiger partial charge in [0.1, 0.15) is 0 Å². The number of thioether (sulfide) groups is 2. The van der Waals surface area contributed by atoms with Gasteiger partial charge in [0.25, 0.3) is 0 Å². The van der Waals surface area contributed by atoms with E-state index < -0.39 is 0 Å². The van der Waals surface area contributed by atoms with Crippen LogP contribution in [0.2, 0.25) is 0 Å². The van der Waals surface area contributed by atoms with Crippen LogP contribution in [0, 0.1) is 0 Å². The minimum atomic E-state index is 0.618. The molecule has 1 rings (SSSR count). The first kappa shape index (κ1) is 10.7. The first-order valence-corrected chi connectivity index (χ1v) is 6.66. The summed E-state index contributed by atoms with van der Waals surface area (Å²) in [6.07, 6.45) is 0. The lowest BCUT2D eigenvalue weighted by Crippen LogP contribution is -2.52. The van der Waals surface area contributed by atoms with Crippen LogP contribution in [0.3, 0.4) is 0 Å². The third kappa shape index (κ3) is 3.56. The zero-order valence-electron chi connectivity index (χ0n) is 7.80. The standard InChI is InChI=1S/C8H18N2S2/c1-3-11-7-5-9-6-8(10-7)12-4-2/h7-10H,3-6H2,1-2H3. The number of hydrogen-bond acceptors (Lipinski definition) is 4. The van der Waals surface area contributed by atoms with E-state index in [1.807, 2.05) is 23.5 Å². The van der Waals surface area contributed by atoms with Crippen LogP contribution < -0.4 is 10.6 Å². The van der Waals surface area contributed by atoms with Gasteiger partial charge in [0, 0.05) is 13.1 Å². The van der Waals surface area contributed by atoms with Crippen molar-refractivity contribution in [2.45, 2.75) is 24.6 Å². The monoisotopic (exact) mass is 206 g/mol. The number of rotatable bonds is 4. The van der Waals surface area contributed by atoms with Crippen LogP contribution in [-0.4, -0.2) is 35.3 Å². The molecule has 0 bridgehead atoms. The van der Waals surface area contributed by atoms with E-state index in [4.69, 9.17) is 0 Å². The van der Waals surface area contributed by atoms with Crippen molar-refractivity contribution in [2.75, 3.05) is 24.6 Å². The Morgan fingerprint density at radius 2 is 1.58 bits per heavy atom. The van der Waals surface area contributed by atoms with E-state index in [2.05, 4.69) is 24.5 Å². The Bertz CT molecular complexity index is 106. The normalized spacial score (nSPS) is 30.5. The molecule has 1 aliphatic rings. The highest BCUT2D eigenvalue weighted by Gasteiger charge is 2.19. The molecule has 0 saturated carbocycles. The molecule has 2 atom stereocenters. The largest absolute Gasteiger partial charge is 0.312 e. The van der Waals surface area contributed by atoms with Crippen molar-refractivity contribution in [2.24, 2.45) is 0 Å². The molecule has 4 heteroatoms. The summed E-state index contributed by atoms with van der Waals surface area (Å²) in [5.41, 5.74) is 0. The highest BCUT2D eigenvalue weighted by molar-refractivity contribution is 8.00.